The first-order chi connectivity index (χ1) is 23.0. The Morgan fingerprint density at radius 1 is 0.688 bits per heavy atom. The van der Waals surface area contributed by atoms with Gasteiger partial charge in [0.1, 0.15) is 13.2 Å². The average molecular weight is 702 g/mol. The maximum absolute atomic E-state index is 12.8. The minimum Gasteiger partial charge on any atom is -0.387 e. The molecule has 3 N–H and O–H groups in total. The molecule has 3 atom stereocenters. The van der Waals surface area contributed by atoms with Crippen LogP contribution in [0.4, 0.5) is 0 Å². The van der Waals surface area contributed by atoms with Crippen LogP contribution < -0.4 is 5.32 Å². The topological polar surface area (TPSA) is 105 Å². The number of rotatable bonds is 35. The quantitative estimate of drug-likeness (QED) is 0.0263. The lowest BCUT2D eigenvalue weighted by molar-refractivity contribution is -0.870. The number of nitrogens with one attached hydrogen (secondary N) is 1. The standard InChI is InChI=1S/C39H77N2O6P/c1-6-8-10-12-14-16-18-19-20-21-23-25-27-29-31-33-39(43)40-37(36-47-48(44,45)46-35-34-41(3,4)5)38(42)32-30-28-26-24-22-17-15-13-11-9-7-2/h19-20,30,32,37-38,42H,6-18,21-29,31,33-36H2,1-5H3,(H-,40,43,44,45)/p+1/b20-19-,32-30+/t37-,38+/m0/s1. The Bertz CT molecular complexity index is 845. The van der Waals surface area contributed by atoms with Gasteiger partial charge < -0.3 is 19.8 Å². The van der Waals surface area contributed by atoms with Crippen LogP contribution >= 0.6 is 7.82 Å². The molecular formula is C39H78N2O6P+. The number of hydrogen-bond acceptors (Lipinski definition) is 5. The van der Waals surface area contributed by atoms with Crippen molar-refractivity contribution in [3.05, 3.63) is 24.3 Å². The van der Waals surface area contributed by atoms with Gasteiger partial charge in [-0.1, -0.05) is 141 Å². The number of amides is 1. The van der Waals surface area contributed by atoms with Crippen LogP contribution in [0, 0.1) is 0 Å². The van der Waals surface area contributed by atoms with E-state index in [4.69, 9.17) is 9.05 Å². The summed E-state index contributed by atoms with van der Waals surface area (Å²) in [6, 6.07) is -0.845. The number of nitrogens with zero attached hydrogens (tertiary/aromatic N) is 1. The first-order valence-electron chi connectivity index (χ1n) is 19.7. The minimum absolute atomic E-state index is 0.0605. The second kappa shape index (κ2) is 31.9. The van der Waals surface area contributed by atoms with Crippen LogP contribution in [0.1, 0.15) is 168 Å². The van der Waals surface area contributed by atoms with Gasteiger partial charge in [-0.3, -0.25) is 13.8 Å². The summed E-state index contributed by atoms with van der Waals surface area (Å²) in [4.78, 5) is 23.0. The molecule has 0 bridgehead atoms. The fourth-order valence-electron chi connectivity index (χ4n) is 5.45. The van der Waals surface area contributed by atoms with Crippen molar-refractivity contribution < 1.29 is 32.9 Å². The van der Waals surface area contributed by atoms with E-state index >= 15 is 0 Å². The molecular weight excluding hydrogens is 623 g/mol. The lowest BCUT2D eigenvalue weighted by Crippen LogP contribution is -2.45. The van der Waals surface area contributed by atoms with Gasteiger partial charge in [0.05, 0.1) is 39.9 Å². The molecule has 0 aromatic carbocycles. The Balaban J connectivity index is 4.51. The van der Waals surface area contributed by atoms with Crippen molar-refractivity contribution in [3.8, 4) is 0 Å². The van der Waals surface area contributed by atoms with E-state index in [2.05, 4.69) is 31.3 Å². The Kier molecular flexibility index (Phi) is 31.2. The van der Waals surface area contributed by atoms with Gasteiger partial charge in [0.2, 0.25) is 5.91 Å². The van der Waals surface area contributed by atoms with Crippen molar-refractivity contribution in [2.45, 2.75) is 180 Å². The molecule has 1 amide bonds. The molecule has 1 unspecified atom stereocenters. The molecule has 0 radical (unpaired) electrons. The molecule has 0 aliphatic heterocycles. The van der Waals surface area contributed by atoms with Gasteiger partial charge in [0, 0.05) is 6.42 Å². The molecule has 0 aliphatic rings. The van der Waals surface area contributed by atoms with Crippen LogP contribution in [-0.4, -0.2) is 73.4 Å². The predicted octanol–water partition coefficient (Wildman–Crippen LogP) is 10.2. The van der Waals surface area contributed by atoms with Gasteiger partial charge in [-0.05, 0) is 44.9 Å². The number of phosphoric acid groups is 1. The summed E-state index contributed by atoms with van der Waals surface area (Å²) in [5.74, 6) is -0.189. The number of carbonyl (C=O) groups is 1. The normalized spacial score (nSPS) is 14.9. The maximum Gasteiger partial charge on any atom is 0.472 e. The summed E-state index contributed by atoms with van der Waals surface area (Å²) < 4.78 is 23.4. The number of allylic oxidation sites excluding steroid dienone is 3. The molecule has 0 spiro atoms. The van der Waals surface area contributed by atoms with Gasteiger partial charge in [0.25, 0.3) is 0 Å². The third kappa shape index (κ3) is 33.5. The van der Waals surface area contributed by atoms with E-state index < -0.39 is 20.0 Å². The summed E-state index contributed by atoms with van der Waals surface area (Å²) in [6.07, 6.45) is 35.2. The lowest BCUT2D eigenvalue weighted by Gasteiger charge is -2.25. The van der Waals surface area contributed by atoms with E-state index in [0.29, 0.717) is 17.4 Å². The molecule has 0 aromatic rings. The number of phosphoric ester groups is 1. The Hall–Kier alpha value is -1.02. The number of aliphatic hydroxyl groups is 1. The summed E-state index contributed by atoms with van der Waals surface area (Å²) in [6.45, 7) is 4.77. The summed E-state index contributed by atoms with van der Waals surface area (Å²) >= 11 is 0. The number of aliphatic hydroxyl groups excluding tert-OH is 1. The van der Waals surface area contributed by atoms with Crippen LogP contribution in [0.5, 0.6) is 0 Å². The van der Waals surface area contributed by atoms with Crippen molar-refractivity contribution in [2.24, 2.45) is 0 Å². The molecule has 0 aromatic heterocycles. The molecule has 284 valence electrons. The van der Waals surface area contributed by atoms with Gasteiger partial charge in [-0.25, -0.2) is 4.57 Å². The highest BCUT2D eigenvalue weighted by molar-refractivity contribution is 7.47. The van der Waals surface area contributed by atoms with E-state index in [0.717, 1.165) is 51.4 Å². The van der Waals surface area contributed by atoms with Crippen molar-refractivity contribution in [3.63, 3.8) is 0 Å². The molecule has 9 heteroatoms. The van der Waals surface area contributed by atoms with Crippen molar-refractivity contribution in [2.75, 3.05) is 40.9 Å². The van der Waals surface area contributed by atoms with Crippen molar-refractivity contribution in [1.29, 1.82) is 0 Å². The first-order valence-corrected chi connectivity index (χ1v) is 21.2. The van der Waals surface area contributed by atoms with Crippen LogP contribution in [0.15, 0.2) is 24.3 Å². The third-order valence-corrected chi connectivity index (χ3v) is 9.65. The Labute approximate surface area is 296 Å². The number of unbranched alkanes of at least 4 members (excludes halogenated alkanes) is 20. The molecule has 0 rings (SSSR count). The predicted molar refractivity (Wildman–Crippen MR) is 203 cm³/mol. The monoisotopic (exact) mass is 702 g/mol. The third-order valence-electron chi connectivity index (χ3n) is 8.67. The van der Waals surface area contributed by atoms with Gasteiger partial charge in [0.15, 0.2) is 0 Å². The molecule has 0 saturated heterocycles. The van der Waals surface area contributed by atoms with Crippen LogP contribution in [-0.2, 0) is 18.4 Å². The van der Waals surface area contributed by atoms with E-state index in [-0.39, 0.29) is 19.1 Å². The molecule has 0 aliphatic carbocycles. The van der Waals surface area contributed by atoms with Gasteiger partial charge in [-0.15, -0.1) is 0 Å². The Morgan fingerprint density at radius 3 is 1.60 bits per heavy atom. The zero-order valence-electron chi connectivity index (χ0n) is 32.0. The second-order valence-corrected chi connectivity index (χ2v) is 16.1. The van der Waals surface area contributed by atoms with E-state index in [1.165, 1.54) is 96.3 Å². The van der Waals surface area contributed by atoms with Crippen molar-refractivity contribution in [1.82, 2.24) is 5.32 Å². The van der Waals surface area contributed by atoms with E-state index in [9.17, 15) is 19.4 Å². The fraction of sp³-hybridized carbons (Fsp3) is 0.872. The minimum atomic E-state index is -4.33. The first kappa shape index (κ1) is 47.0. The highest BCUT2D eigenvalue weighted by Crippen LogP contribution is 2.43. The SMILES string of the molecule is CCCCCCCC/C=C\CCCCCCCC(=O)N[C@@H](COP(=O)(O)OCC[N+](C)(C)C)[C@H](O)/C=C/CCCCCCCCCCC. The molecule has 0 heterocycles. The number of carbonyl (C=O) groups excluding carboxylic acids is 1. The molecule has 48 heavy (non-hydrogen) atoms. The smallest absolute Gasteiger partial charge is 0.387 e. The zero-order valence-corrected chi connectivity index (χ0v) is 32.9. The van der Waals surface area contributed by atoms with E-state index in [1.807, 2.05) is 27.2 Å². The molecule has 8 nitrogen and oxygen atoms in total. The summed E-state index contributed by atoms with van der Waals surface area (Å²) in [5, 5.41) is 13.7. The highest BCUT2D eigenvalue weighted by atomic mass is 31.2. The average Bonchev–Trinajstić information content (AvgIpc) is 3.02. The number of likely N-dealkylation sites (N-methyl/N-ethyl adjacent to an activating group) is 1. The largest absolute Gasteiger partial charge is 0.472 e. The number of hydrogen-bond donors (Lipinski definition) is 3. The Morgan fingerprint density at radius 2 is 1.12 bits per heavy atom. The lowest BCUT2D eigenvalue weighted by atomic mass is 10.1. The summed E-state index contributed by atoms with van der Waals surface area (Å²) in [7, 11) is 1.56. The number of quaternary nitrogens is 1. The van der Waals surface area contributed by atoms with Gasteiger partial charge in [-0.2, -0.15) is 0 Å². The molecule has 0 fully saturated rings. The zero-order chi connectivity index (χ0) is 35.8. The maximum atomic E-state index is 12.8. The van der Waals surface area contributed by atoms with E-state index in [1.54, 1.807) is 6.08 Å². The summed E-state index contributed by atoms with van der Waals surface area (Å²) in [5.41, 5.74) is 0. The fourth-order valence-corrected chi connectivity index (χ4v) is 6.18. The van der Waals surface area contributed by atoms with Crippen LogP contribution in [0.2, 0.25) is 0 Å². The van der Waals surface area contributed by atoms with Crippen LogP contribution in [0.25, 0.3) is 0 Å². The van der Waals surface area contributed by atoms with Crippen LogP contribution in [0.3, 0.4) is 0 Å². The second-order valence-electron chi connectivity index (χ2n) is 14.7. The highest BCUT2D eigenvalue weighted by Gasteiger charge is 2.27. The van der Waals surface area contributed by atoms with Gasteiger partial charge >= 0.3 is 7.82 Å². The molecule has 0 saturated carbocycles. The van der Waals surface area contributed by atoms with Crippen molar-refractivity contribution >= 4 is 13.7 Å².